The van der Waals surface area contributed by atoms with Crippen molar-refractivity contribution in [3.05, 3.63) is 52.2 Å². The highest BCUT2D eigenvalue weighted by Gasteiger charge is 2.46. The molecule has 0 radical (unpaired) electrons. The first-order chi connectivity index (χ1) is 12.6. The lowest BCUT2D eigenvalue weighted by molar-refractivity contribution is -0.147. The summed E-state index contributed by atoms with van der Waals surface area (Å²) in [5, 5.41) is 19.8. The Morgan fingerprint density at radius 2 is 2.00 bits per heavy atom. The van der Waals surface area contributed by atoms with E-state index in [1.165, 1.54) is 5.56 Å². The van der Waals surface area contributed by atoms with Crippen LogP contribution in [0.5, 0.6) is 5.75 Å². The maximum absolute atomic E-state index is 12.8. The van der Waals surface area contributed by atoms with Gasteiger partial charge in [0, 0.05) is 25.6 Å². The Morgan fingerprint density at radius 3 is 2.73 bits per heavy atom. The van der Waals surface area contributed by atoms with Crippen molar-refractivity contribution in [2.24, 2.45) is 0 Å². The number of carbonyl (C=O) groups excluding carboxylic acids is 2. The third-order valence-corrected chi connectivity index (χ3v) is 5.78. The quantitative estimate of drug-likeness (QED) is 0.739. The summed E-state index contributed by atoms with van der Waals surface area (Å²) in [6, 6.07) is 8.01. The number of hydrogen-bond acceptors (Lipinski definition) is 5. The van der Waals surface area contributed by atoms with Gasteiger partial charge >= 0.3 is 0 Å². The van der Waals surface area contributed by atoms with Gasteiger partial charge in [0.2, 0.25) is 11.8 Å². The molecule has 3 heterocycles. The Morgan fingerprint density at radius 1 is 1.19 bits per heavy atom. The van der Waals surface area contributed by atoms with Crippen LogP contribution in [0.15, 0.2) is 41.1 Å². The fraction of sp³-hybridized carbons (Fsp3) is 0.368. The monoisotopic (exact) mass is 371 g/mol. The van der Waals surface area contributed by atoms with E-state index in [0.29, 0.717) is 19.4 Å². The van der Waals surface area contributed by atoms with Crippen LogP contribution in [0.25, 0.3) is 0 Å². The Bertz CT molecular complexity index is 791. The molecule has 4 rings (SSSR count). The predicted octanol–water partition coefficient (Wildman–Crippen LogP) is 1.25. The molecule has 26 heavy (non-hydrogen) atoms. The van der Waals surface area contributed by atoms with E-state index in [-0.39, 0.29) is 29.6 Å². The molecule has 2 aliphatic rings. The molecular weight excluding hydrogens is 350 g/mol. The normalized spacial score (nSPS) is 25.2. The number of fused-ring (bicyclic) bond motifs is 1. The predicted molar refractivity (Wildman–Crippen MR) is 98.8 cm³/mol. The molecule has 0 aliphatic carbocycles. The van der Waals surface area contributed by atoms with Crippen molar-refractivity contribution in [2.75, 3.05) is 6.54 Å². The summed E-state index contributed by atoms with van der Waals surface area (Å²) in [5.74, 6) is 0.0858. The summed E-state index contributed by atoms with van der Waals surface area (Å²) < 4.78 is 0. The molecule has 3 N–H and O–H groups in total. The lowest BCUT2D eigenvalue weighted by Gasteiger charge is -2.34. The number of phenolic OH excluding ortho intramolecular Hbond substituents is 1. The average molecular weight is 371 g/mol. The van der Waals surface area contributed by atoms with E-state index < -0.39 is 6.04 Å². The van der Waals surface area contributed by atoms with Crippen LogP contribution >= 0.6 is 11.3 Å². The molecule has 0 saturated carbocycles. The Hall–Kier alpha value is -2.38. The van der Waals surface area contributed by atoms with Crippen molar-refractivity contribution in [3.63, 3.8) is 0 Å². The minimum Gasteiger partial charge on any atom is -0.508 e. The zero-order chi connectivity index (χ0) is 18.1. The van der Waals surface area contributed by atoms with Crippen molar-refractivity contribution in [3.8, 4) is 5.75 Å². The minimum absolute atomic E-state index is 0.0255. The van der Waals surface area contributed by atoms with Crippen LogP contribution in [-0.2, 0) is 22.6 Å². The van der Waals surface area contributed by atoms with Gasteiger partial charge in [0.15, 0.2) is 0 Å². The van der Waals surface area contributed by atoms with Crippen LogP contribution in [0.4, 0.5) is 0 Å². The van der Waals surface area contributed by atoms with Crippen molar-refractivity contribution < 1.29 is 14.7 Å². The number of phenols is 1. The largest absolute Gasteiger partial charge is 0.508 e. The van der Waals surface area contributed by atoms with Gasteiger partial charge < -0.3 is 20.6 Å². The fourth-order valence-corrected chi connectivity index (χ4v) is 4.34. The summed E-state index contributed by atoms with van der Waals surface area (Å²) in [6.07, 6.45) is 1.08. The van der Waals surface area contributed by atoms with Gasteiger partial charge in [-0.3, -0.25) is 9.59 Å². The average Bonchev–Trinajstić information content (AvgIpc) is 3.29. The summed E-state index contributed by atoms with van der Waals surface area (Å²) in [6.45, 7) is 1.31. The second-order valence-corrected chi connectivity index (χ2v) is 7.66. The van der Waals surface area contributed by atoms with Gasteiger partial charge in [0.1, 0.15) is 17.8 Å². The van der Waals surface area contributed by atoms with Gasteiger partial charge in [-0.05, 0) is 46.5 Å². The molecular formula is C19H21N3O3S. The van der Waals surface area contributed by atoms with Crippen molar-refractivity contribution >= 4 is 23.2 Å². The first-order valence-electron chi connectivity index (χ1n) is 8.73. The van der Waals surface area contributed by atoms with Crippen molar-refractivity contribution in [1.82, 2.24) is 15.5 Å². The number of aromatic hydroxyl groups is 1. The number of hydrogen-bond donors (Lipinski definition) is 3. The van der Waals surface area contributed by atoms with Gasteiger partial charge in [-0.2, -0.15) is 11.3 Å². The molecule has 6 nitrogen and oxygen atoms in total. The summed E-state index contributed by atoms with van der Waals surface area (Å²) in [5.41, 5.74) is 2.13. The lowest BCUT2D eigenvalue weighted by atomic mass is 10.0. The Kier molecular flexibility index (Phi) is 4.65. The second-order valence-electron chi connectivity index (χ2n) is 6.88. The van der Waals surface area contributed by atoms with Crippen LogP contribution in [-0.4, -0.2) is 46.5 Å². The first kappa shape index (κ1) is 17.1. The van der Waals surface area contributed by atoms with Crippen molar-refractivity contribution in [1.29, 1.82) is 0 Å². The molecule has 2 aliphatic heterocycles. The SMILES string of the molecule is O=C1N[C@@H](Cc2ccc(O)cc2)C(=O)N2C[C@@H](NCc3ccsc3)C[C@@H]12. The molecule has 1 aromatic heterocycles. The zero-order valence-corrected chi connectivity index (χ0v) is 15.0. The molecule has 0 bridgehead atoms. The topological polar surface area (TPSA) is 81.7 Å². The minimum atomic E-state index is -0.543. The van der Waals surface area contributed by atoms with E-state index >= 15 is 0 Å². The maximum atomic E-state index is 12.8. The molecule has 3 atom stereocenters. The number of nitrogens with zero attached hydrogens (tertiary/aromatic N) is 1. The number of rotatable bonds is 5. The van der Waals surface area contributed by atoms with Gasteiger partial charge in [-0.15, -0.1) is 0 Å². The molecule has 136 valence electrons. The number of nitrogens with one attached hydrogen (secondary N) is 2. The van der Waals surface area contributed by atoms with Crippen LogP contribution in [0.1, 0.15) is 17.5 Å². The lowest BCUT2D eigenvalue weighted by Crippen LogP contribution is -2.61. The number of carbonyl (C=O) groups is 2. The van der Waals surface area contributed by atoms with E-state index in [9.17, 15) is 14.7 Å². The molecule has 0 unspecified atom stereocenters. The number of thiophene rings is 1. The van der Waals surface area contributed by atoms with Crippen molar-refractivity contribution in [2.45, 2.75) is 37.5 Å². The number of amides is 2. The smallest absolute Gasteiger partial charge is 0.246 e. The van der Waals surface area contributed by atoms with Gasteiger partial charge in [0.25, 0.3) is 0 Å². The highest BCUT2D eigenvalue weighted by atomic mass is 32.1. The van der Waals surface area contributed by atoms with E-state index in [0.717, 1.165) is 12.1 Å². The second kappa shape index (κ2) is 7.09. The van der Waals surface area contributed by atoms with Crippen LogP contribution in [0.2, 0.25) is 0 Å². The third-order valence-electron chi connectivity index (χ3n) is 5.05. The molecule has 2 aromatic rings. The maximum Gasteiger partial charge on any atom is 0.246 e. The van der Waals surface area contributed by atoms with Gasteiger partial charge in [-0.25, -0.2) is 0 Å². The first-order valence-corrected chi connectivity index (χ1v) is 9.67. The van der Waals surface area contributed by atoms with Crippen LogP contribution in [0, 0.1) is 0 Å². The van der Waals surface area contributed by atoms with Crippen LogP contribution < -0.4 is 10.6 Å². The third kappa shape index (κ3) is 3.45. The zero-order valence-electron chi connectivity index (χ0n) is 14.2. The van der Waals surface area contributed by atoms with E-state index in [1.54, 1.807) is 40.5 Å². The molecule has 2 amide bonds. The molecule has 7 heteroatoms. The summed E-state index contributed by atoms with van der Waals surface area (Å²) >= 11 is 1.66. The van der Waals surface area contributed by atoms with E-state index in [2.05, 4.69) is 22.1 Å². The summed E-state index contributed by atoms with van der Waals surface area (Å²) in [7, 11) is 0. The molecule has 0 spiro atoms. The van der Waals surface area contributed by atoms with Crippen LogP contribution in [0.3, 0.4) is 0 Å². The Labute approximate surface area is 155 Å². The fourth-order valence-electron chi connectivity index (χ4n) is 3.67. The standard InChI is InChI=1S/C19H21N3O3S/c23-15-3-1-12(2-4-15)7-16-19(25)22-10-14(8-17(22)18(24)21-16)20-9-13-5-6-26-11-13/h1-6,11,14,16-17,20,23H,7-10H2,(H,21,24)/t14-,16-,17-/m0/s1. The molecule has 2 saturated heterocycles. The highest BCUT2D eigenvalue weighted by Crippen LogP contribution is 2.24. The number of benzene rings is 1. The van der Waals surface area contributed by atoms with E-state index in [4.69, 9.17) is 0 Å². The molecule has 1 aromatic carbocycles. The summed E-state index contributed by atoms with van der Waals surface area (Å²) in [4.78, 5) is 27.0. The Balaban J connectivity index is 1.40. The number of piperazine rings is 1. The van der Waals surface area contributed by atoms with Gasteiger partial charge in [-0.1, -0.05) is 12.1 Å². The molecule has 2 fully saturated rings. The van der Waals surface area contributed by atoms with Gasteiger partial charge in [0.05, 0.1) is 0 Å². The van der Waals surface area contributed by atoms with E-state index in [1.807, 2.05) is 5.38 Å². The highest BCUT2D eigenvalue weighted by molar-refractivity contribution is 7.07.